The molecule has 8 nitrogen and oxygen atoms in total. The van der Waals surface area contributed by atoms with Crippen molar-refractivity contribution in [3.63, 3.8) is 0 Å². The Labute approximate surface area is 193 Å². The van der Waals surface area contributed by atoms with E-state index in [1.54, 1.807) is 11.9 Å². The van der Waals surface area contributed by atoms with E-state index in [1.807, 2.05) is 30.3 Å². The van der Waals surface area contributed by atoms with Gasteiger partial charge in [-0.15, -0.1) is 0 Å². The van der Waals surface area contributed by atoms with Crippen LogP contribution in [0.2, 0.25) is 0 Å². The van der Waals surface area contributed by atoms with Crippen LogP contribution >= 0.6 is 0 Å². The largest absolute Gasteiger partial charge is 0.381 e. The molecule has 0 atom stereocenters. The fourth-order valence-electron chi connectivity index (χ4n) is 3.74. The maximum atomic E-state index is 13.3. The second-order valence-electron chi connectivity index (χ2n) is 7.95. The van der Waals surface area contributed by atoms with Gasteiger partial charge in [-0.3, -0.25) is 24.6 Å². The van der Waals surface area contributed by atoms with E-state index in [0.29, 0.717) is 37.4 Å². The number of carbonyl (C=O) groups is 2. The summed E-state index contributed by atoms with van der Waals surface area (Å²) in [6, 6.07) is 15.4. The molecular weight excluding hydrogens is 422 g/mol. The Morgan fingerprint density at radius 1 is 0.970 bits per heavy atom. The second-order valence-corrected chi connectivity index (χ2v) is 7.95. The number of rotatable bonds is 12. The van der Waals surface area contributed by atoms with Gasteiger partial charge in [0.15, 0.2) is 0 Å². The molecule has 1 aliphatic heterocycles. The molecule has 2 aromatic carbocycles. The Kier molecular flexibility index (Phi) is 8.32. The Morgan fingerprint density at radius 2 is 1.64 bits per heavy atom. The molecule has 2 amide bonds. The van der Waals surface area contributed by atoms with Crippen LogP contribution in [-0.2, 0) is 20.9 Å². The number of carbonyl (C=O) groups excluding carboxylic acids is 2. The summed E-state index contributed by atoms with van der Waals surface area (Å²) < 4.78 is 5.57. The molecule has 0 unspecified atom stereocenters. The summed E-state index contributed by atoms with van der Waals surface area (Å²) in [5, 5.41) is 11.0. The van der Waals surface area contributed by atoms with Gasteiger partial charge in [0.05, 0.1) is 10.5 Å². The van der Waals surface area contributed by atoms with Gasteiger partial charge in [0.2, 0.25) is 0 Å². The molecule has 1 heterocycles. The van der Waals surface area contributed by atoms with E-state index < -0.39 is 10.8 Å². The molecular formula is C25H29N3O5. The molecule has 1 aliphatic rings. The van der Waals surface area contributed by atoms with E-state index in [0.717, 1.165) is 18.4 Å². The Balaban J connectivity index is 1.85. The first-order chi connectivity index (χ1) is 15.9. The van der Waals surface area contributed by atoms with Crippen LogP contribution in [0.5, 0.6) is 0 Å². The number of likely N-dealkylation sites (N-methyl/N-ethyl adjacent to an activating group) is 1. The molecule has 2 aromatic rings. The van der Waals surface area contributed by atoms with Crippen molar-refractivity contribution in [3.05, 3.63) is 81.5 Å². The minimum absolute atomic E-state index is 0.0728. The smallest absolute Gasteiger partial charge is 0.277 e. The molecule has 0 bridgehead atoms. The van der Waals surface area contributed by atoms with Gasteiger partial charge in [0, 0.05) is 45.5 Å². The van der Waals surface area contributed by atoms with Crippen molar-refractivity contribution in [2.45, 2.75) is 32.7 Å². The first kappa shape index (κ1) is 24.1. The number of imide groups is 1. The van der Waals surface area contributed by atoms with Crippen molar-refractivity contribution in [1.29, 1.82) is 0 Å². The van der Waals surface area contributed by atoms with Crippen LogP contribution in [0, 0.1) is 10.1 Å². The van der Waals surface area contributed by atoms with Gasteiger partial charge in [-0.05, 0) is 36.1 Å². The summed E-state index contributed by atoms with van der Waals surface area (Å²) in [7, 11) is 1.77. The lowest BCUT2D eigenvalue weighted by Gasteiger charge is -2.21. The normalized spacial score (nSPS) is 13.7. The minimum atomic E-state index is -0.493. The predicted octanol–water partition coefficient (Wildman–Crippen LogP) is 4.01. The topological polar surface area (TPSA) is 93.0 Å². The number of hydrogen-bond donors (Lipinski definition) is 0. The lowest BCUT2D eigenvalue weighted by Crippen LogP contribution is -2.35. The summed E-state index contributed by atoms with van der Waals surface area (Å²) in [6.45, 7) is 3.92. The zero-order chi connectivity index (χ0) is 23.8. The number of nitro groups is 1. The molecule has 0 radical (unpaired) electrons. The van der Waals surface area contributed by atoms with E-state index in [1.165, 1.54) is 29.2 Å². The van der Waals surface area contributed by atoms with Gasteiger partial charge < -0.3 is 9.64 Å². The maximum absolute atomic E-state index is 13.3. The highest BCUT2D eigenvalue weighted by Crippen LogP contribution is 2.32. The van der Waals surface area contributed by atoms with E-state index in [2.05, 4.69) is 6.92 Å². The number of non-ortho nitro benzene ring substituents is 1. The molecule has 0 aromatic heterocycles. The molecule has 174 valence electrons. The van der Waals surface area contributed by atoms with Gasteiger partial charge in [0.1, 0.15) is 5.70 Å². The first-order valence-electron chi connectivity index (χ1n) is 11.1. The molecule has 3 rings (SSSR count). The lowest BCUT2D eigenvalue weighted by atomic mass is 10.0. The zero-order valence-corrected chi connectivity index (χ0v) is 19.0. The first-order valence-corrected chi connectivity index (χ1v) is 11.1. The van der Waals surface area contributed by atoms with Gasteiger partial charge in [-0.25, -0.2) is 0 Å². The minimum Gasteiger partial charge on any atom is -0.381 e. The van der Waals surface area contributed by atoms with Crippen LogP contribution in [-0.4, -0.2) is 53.3 Å². The van der Waals surface area contributed by atoms with Crippen LogP contribution in [0.4, 0.5) is 5.69 Å². The van der Waals surface area contributed by atoms with Crippen molar-refractivity contribution >= 4 is 23.1 Å². The number of nitrogens with zero attached hydrogens (tertiary/aromatic N) is 3. The average molecular weight is 452 g/mol. The average Bonchev–Trinajstić information content (AvgIpc) is 3.06. The molecule has 0 spiro atoms. The maximum Gasteiger partial charge on any atom is 0.277 e. The van der Waals surface area contributed by atoms with E-state index in [9.17, 15) is 19.7 Å². The predicted molar refractivity (Wildman–Crippen MR) is 125 cm³/mol. The van der Waals surface area contributed by atoms with E-state index in [-0.39, 0.29) is 23.7 Å². The summed E-state index contributed by atoms with van der Waals surface area (Å²) in [4.78, 5) is 40.2. The third-order valence-electron chi connectivity index (χ3n) is 5.47. The summed E-state index contributed by atoms with van der Waals surface area (Å²) in [5.41, 5.74) is 1.97. The molecule has 0 aliphatic carbocycles. The lowest BCUT2D eigenvalue weighted by molar-refractivity contribution is -0.384. The van der Waals surface area contributed by atoms with Crippen molar-refractivity contribution < 1.29 is 19.2 Å². The van der Waals surface area contributed by atoms with E-state index in [4.69, 9.17) is 4.74 Å². The Hall–Kier alpha value is -3.52. The quantitative estimate of drug-likeness (QED) is 0.209. The third-order valence-corrected chi connectivity index (χ3v) is 5.47. The molecule has 33 heavy (non-hydrogen) atoms. The highest BCUT2D eigenvalue weighted by atomic mass is 16.6. The zero-order valence-electron chi connectivity index (χ0n) is 19.0. The van der Waals surface area contributed by atoms with Gasteiger partial charge in [-0.1, -0.05) is 43.7 Å². The van der Waals surface area contributed by atoms with Crippen molar-refractivity contribution in [1.82, 2.24) is 9.80 Å². The van der Waals surface area contributed by atoms with E-state index >= 15 is 0 Å². The third kappa shape index (κ3) is 5.84. The highest BCUT2D eigenvalue weighted by molar-refractivity contribution is 6.35. The van der Waals surface area contributed by atoms with Gasteiger partial charge in [0.25, 0.3) is 17.5 Å². The van der Waals surface area contributed by atoms with Crippen LogP contribution in [0.3, 0.4) is 0 Å². The molecule has 0 N–H and O–H groups in total. The standard InChI is InChI=1S/C25H29N3O5/c1-3-4-16-33-17-8-15-27-24(29)22(20-11-13-21(14-12-20)28(31)32)23(25(27)30)26(2)18-19-9-6-5-7-10-19/h5-7,9-14H,3-4,8,15-18H2,1-2H3. The second kappa shape index (κ2) is 11.4. The number of hydrogen-bond acceptors (Lipinski definition) is 6. The highest BCUT2D eigenvalue weighted by Gasteiger charge is 2.40. The van der Waals surface area contributed by atoms with Gasteiger partial charge >= 0.3 is 0 Å². The van der Waals surface area contributed by atoms with Crippen molar-refractivity contribution in [3.8, 4) is 0 Å². The number of unbranched alkanes of at least 4 members (excludes halogenated alkanes) is 1. The number of benzene rings is 2. The summed E-state index contributed by atoms with van der Waals surface area (Å²) in [5.74, 6) is -0.752. The Morgan fingerprint density at radius 3 is 2.27 bits per heavy atom. The van der Waals surface area contributed by atoms with Crippen molar-refractivity contribution in [2.24, 2.45) is 0 Å². The molecule has 0 saturated heterocycles. The summed E-state index contributed by atoms with van der Waals surface area (Å²) in [6.07, 6.45) is 2.56. The van der Waals surface area contributed by atoms with Crippen LogP contribution in [0.25, 0.3) is 5.57 Å². The molecule has 8 heteroatoms. The van der Waals surface area contributed by atoms with Crippen molar-refractivity contribution in [2.75, 3.05) is 26.8 Å². The van der Waals surface area contributed by atoms with Crippen LogP contribution < -0.4 is 0 Å². The Bertz CT molecular complexity index is 1020. The number of nitro benzene ring substituents is 1. The van der Waals surface area contributed by atoms with Gasteiger partial charge in [-0.2, -0.15) is 0 Å². The molecule has 0 fully saturated rings. The van der Waals surface area contributed by atoms with Crippen LogP contribution in [0.15, 0.2) is 60.3 Å². The summed E-state index contributed by atoms with van der Waals surface area (Å²) >= 11 is 0. The number of ether oxygens (including phenoxy) is 1. The number of amides is 2. The van der Waals surface area contributed by atoms with Crippen LogP contribution in [0.1, 0.15) is 37.3 Å². The fourth-order valence-corrected chi connectivity index (χ4v) is 3.74. The monoisotopic (exact) mass is 451 g/mol. The SMILES string of the molecule is CCCCOCCCN1C(=O)C(c2ccc([N+](=O)[O-])cc2)=C(N(C)Cc2ccccc2)C1=O. The fraction of sp³-hybridized carbons (Fsp3) is 0.360. The molecule has 0 saturated carbocycles.